The number of nitrogens with zero attached hydrogens (tertiary/aromatic N) is 4. The van der Waals surface area contributed by atoms with Crippen LogP contribution in [0.3, 0.4) is 0 Å². The van der Waals surface area contributed by atoms with Crippen LogP contribution in [0.4, 0.5) is 26.3 Å². The third-order valence-electron chi connectivity index (χ3n) is 4.04. The van der Waals surface area contributed by atoms with Crippen molar-refractivity contribution in [3.63, 3.8) is 0 Å². The summed E-state index contributed by atoms with van der Waals surface area (Å²) in [5, 5.41) is 9.86. The average Bonchev–Trinajstić information content (AvgIpc) is 2.99. The number of aromatic nitrogens is 4. The Balaban J connectivity index is 2.19. The highest BCUT2D eigenvalue weighted by Gasteiger charge is 2.55. The van der Waals surface area contributed by atoms with Gasteiger partial charge in [-0.25, -0.2) is 9.97 Å². The van der Waals surface area contributed by atoms with Crippen LogP contribution in [0.5, 0.6) is 0 Å². The Morgan fingerprint density at radius 1 is 1.04 bits per heavy atom. The molecule has 5 nitrogen and oxygen atoms in total. The highest BCUT2D eigenvalue weighted by Crippen LogP contribution is 2.43. The van der Waals surface area contributed by atoms with E-state index in [4.69, 9.17) is 0 Å². The number of alkyl halides is 6. The van der Waals surface area contributed by atoms with Crippen LogP contribution in [0, 0.1) is 0 Å². The Hall–Kier alpha value is -2.04. The van der Waals surface area contributed by atoms with Crippen molar-refractivity contribution < 1.29 is 31.4 Å². The molecule has 3 rings (SSSR count). The first-order valence-corrected chi connectivity index (χ1v) is 6.85. The predicted octanol–water partition coefficient (Wildman–Crippen LogP) is 3.11. The maximum absolute atomic E-state index is 13.1. The molecule has 24 heavy (non-hydrogen) atoms. The number of hydrogen-bond acceptors (Lipinski definition) is 3. The van der Waals surface area contributed by atoms with E-state index in [1.807, 2.05) is 0 Å². The molecule has 1 aliphatic heterocycles. The molecule has 132 valence electrons. The van der Waals surface area contributed by atoms with E-state index in [-0.39, 0.29) is 17.9 Å². The molecule has 0 radical (unpaired) electrons. The molecule has 1 N–H and O–H groups in total. The molecule has 2 aromatic heterocycles. The number of hydrogen-bond donors (Lipinski definition) is 1. The van der Waals surface area contributed by atoms with Gasteiger partial charge in [0.05, 0.1) is 29.8 Å². The quantitative estimate of drug-likeness (QED) is 0.801. The Morgan fingerprint density at radius 3 is 2.12 bits per heavy atom. The third kappa shape index (κ3) is 2.21. The fourth-order valence-electron chi connectivity index (χ4n) is 2.82. The fraction of sp³-hybridized carbons (Fsp3) is 0.538. The molecule has 0 aliphatic carbocycles. The van der Waals surface area contributed by atoms with Gasteiger partial charge in [-0.15, -0.1) is 0 Å². The van der Waals surface area contributed by atoms with Crippen LogP contribution < -0.4 is 0 Å². The van der Waals surface area contributed by atoms with Gasteiger partial charge in [0.25, 0.3) is 0 Å². The van der Waals surface area contributed by atoms with E-state index in [1.54, 1.807) is 0 Å². The highest BCUT2D eigenvalue weighted by molar-refractivity contribution is 5.57. The van der Waals surface area contributed by atoms with Crippen LogP contribution in [0.25, 0.3) is 11.4 Å². The van der Waals surface area contributed by atoms with Crippen molar-refractivity contribution in [2.75, 3.05) is 0 Å². The van der Waals surface area contributed by atoms with E-state index in [0.717, 1.165) is 21.5 Å². The van der Waals surface area contributed by atoms with Crippen LogP contribution in [0.15, 0.2) is 12.4 Å². The molecule has 0 spiro atoms. The highest BCUT2D eigenvalue weighted by atomic mass is 19.4. The number of rotatable bonds is 1. The van der Waals surface area contributed by atoms with Crippen molar-refractivity contribution in [3.8, 4) is 11.4 Å². The predicted molar refractivity (Wildman–Crippen MR) is 68.8 cm³/mol. The zero-order chi connectivity index (χ0) is 18.1. The number of imidazole rings is 2. The molecular weight excluding hydrogens is 342 g/mol. The van der Waals surface area contributed by atoms with E-state index in [9.17, 15) is 31.4 Å². The summed E-state index contributed by atoms with van der Waals surface area (Å²) in [6.45, 7) is 1.76. The Kier molecular flexibility index (Phi) is 3.32. The van der Waals surface area contributed by atoms with Crippen LogP contribution in [-0.2, 0) is 18.3 Å². The second-order valence-electron chi connectivity index (χ2n) is 5.83. The summed E-state index contributed by atoms with van der Waals surface area (Å²) >= 11 is 0. The average molecular weight is 354 g/mol. The molecule has 0 saturated heterocycles. The summed E-state index contributed by atoms with van der Waals surface area (Å²) in [4.78, 5) is 6.96. The molecule has 1 unspecified atom stereocenters. The van der Waals surface area contributed by atoms with E-state index in [2.05, 4.69) is 9.97 Å². The van der Waals surface area contributed by atoms with Crippen molar-refractivity contribution in [1.29, 1.82) is 0 Å². The van der Waals surface area contributed by atoms with Crippen LogP contribution in [0.1, 0.15) is 31.5 Å². The van der Waals surface area contributed by atoms with Crippen LogP contribution in [-0.4, -0.2) is 30.4 Å². The standard InChI is InChI=1S/C13H12F6N4O/c1-6-5-22-7(3-21-10(22)12(14,15)16)8-4-20-9(23(6)8)11(2,24)13(17,18)19/h3-4,6,24H,5H2,1-2H3/t6-,11?/m0/s1. The van der Waals surface area contributed by atoms with Crippen molar-refractivity contribution in [2.24, 2.45) is 0 Å². The zero-order valence-corrected chi connectivity index (χ0v) is 12.4. The van der Waals surface area contributed by atoms with Gasteiger partial charge in [-0.05, 0) is 13.8 Å². The molecule has 0 bridgehead atoms. The molecular formula is C13H12F6N4O. The van der Waals surface area contributed by atoms with Gasteiger partial charge in [-0.3, -0.25) is 0 Å². The van der Waals surface area contributed by atoms with Gasteiger partial charge in [0.1, 0.15) is 0 Å². The smallest absolute Gasteiger partial charge is 0.374 e. The number of aliphatic hydroxyl groups is 1. The lowest BCUT2D eigenvalue weighted by Crippen LogP contribution is -2.42. The monoisotopic (exact) mass is 354 g/mol. The number of halogens is 6. The first-order valence-electron chi connectivity index (χ1n) is 6.85. The van der Waals surface area contributed by atoms with Gasteiger partial charge >= 0.3 is 12.4 Å². The summed E-state index contributed by atoms with van der Waals surface area (Å²) in [5.41, 5.74) is -3.19. The summed E-state index contributed by atoms with van der Waals surface area (Å²) in [6.07, 6.45) is -7.71. The molecule has 2 aromatic rings. The Bertz CT molecular complexity index is 785. The SMILES string of the molecule is C[C@H]1Cn2c(cnc2C(F)(F)F)-c2cnc(C(C)(O)C(F)(F)F)n21. The van der Waals surface area contributed by atoms with Gasteiger partial charge in [0.2, 0.25) is 11.4 Å². The van der Waals surface area contributed by atoms with Crippen molar-refractivity contribution in [1.82, 2.24) is 19.1 Å². The minimum Gasteiger partial charge on any atom is -0.374 e. The van der Waals surface area contributed by atoms with Gasteiger partial charge < -0.3 is 14.2 Å². The molecule has 0 aromatic carbocycles. The Labute approximate surface area is 131 Å². The Morgan fingerprint density at radius 2 is 1.58 bits per heavy atom. The topological polar surface area (TPSA) is 55.9 Å². The molecule has 0 amide bonds. The van der Waals surface area contributed by atoms with Gasteiger partial charge in [-0.1, -0.05) is 0 Å². The molecule has 0 fully saturated rings. The van der Waals surface area contributed by atoms with Gasteiger partial charge in [-0.2, -0.15) is 26.3 Å². The summed E-state index contributed by atoms with van der Waals surface area (Å²) in [6, 6.07) is -0.783. The fourth-order valence-corrected chi connectivity index (χ4v) is 2.82. The first-order chi connectivity index (χ1) is 10.9. The molecule has 11 heteroatoms. The molecule has 0 saturated carbocycles. The van der Waals surface area contributed by atoms with E-state index < -0.39 is 35.6 Å². The summed E-state index contributed by atoms with van der Waals surface area (Å²) < 4.78 is 80.1. The van der Waals surface area contributed by atoms with Crippen molar-refractivity contribution >= 4 is 0 Å². The van der Waals surface area contributed by atoms with E-state index >= 15 is 0 Å². The van der Waals surface area contributed by atoms with E-state index in [1.165, 1.54) is 6.92 Å². The second kappa shape index (κ2) is 4.74. The van der Waals surface area contributed by atoms with E-state index in [0.29, 0.717) is 6.92 Å². The first kappa shape index (κ1) is 16.8. The minimum atomic E-state index is -4.98. The van der Waals surface area contributed by atoms with Gasteiger partial charge in [0, 0.05) is 6.54 Å². The van der Waals surface area contributed by atoms with Crippen molar-refractivity contribution in [3.05, 3.63) is 24.0 Å². The maximum atomic E-state index is 13.1. The van der Waals surface area contributed by atoms with Gasteiger partial charge in [0.15, 0.2) is 5.82 Å². The molecule has 1 aliphatic rings. The minimum absolute atomic E-state index is 0.00264. The lowest BCUT2D eigenvalue weighted by atomic mass is 10.0. The summed E-state index contributed by atoms with van der Waals surface area (Å²) in [5.74, 6) is -1.79. The molecule has 3 heterocycles. The largest absolute Gasteiger partial charge is 0.449 e. The van der Waals surface area contributed by atoms with Crippen LogP contribution in [0.2, 0.25) is 0 Å². The maximum Gasteiger partial charge on any atom is 0.449 e. The number of fused-ring (bicyclic) bond motifs is 3. The summed E-state index contributed by atoms with van der Waals surface area (Å²) in [7, 11) is 0. The van der Waals surface area contributed by atoms with Crippen molar-refractivity contribution in [2.45, 2.75) is 44.4 Å². The second-order valence-corrected chi connectivity index (χ2v) is 5.83. The normalized spacial score (nSPS) is 20.5. The third-order valence-corrected chi connectivity index (χ3v) is 4.04. The lowest BCUT2D eigenvalue weighted by Gasteiger charge is -2.32. The molecule has 2 atom stereocenters. The zero-order valence-electron chi connectivity index (χ0n) is 12.4. The lowest BCUT2D eigenvalue weighted by molar-refractivity contribution is -0.262. The van der Waals surface area contributed by atoms with Crippen LogP contribution >= 0.6 is 0 Å².